The van der Waals surface area contributed by atoms with Crippen molar-refractivity contribution in [1.29, 1.82) is 0 Å². The summed E-state index contributed by atoms with van der Waals surface area (Å²) in [6.45, 7) is 2.19. The van der Waals surface area contributed by atoms with E-state index in [1.165, 1.54) is 12.1 Å². The van der Waals surface area contributed by atoms with Crippen LogP contribution in [0.4, 0.5) is 4.39 Å². The minimum atomic E-state index is -0.523. The van der Waals surface area contributed by atoms with Gasteiger partial charge in [-0.1, -0.05) is 17.3 Å². The van der Waals surface area contributed by atoms with Crippen molar-refractivity contribution in [2.45, 2.75) is 19.4 Å². The summed E-state index contributed by atoms with van der Waals surface area (Å²) in [4.78, 5) is 16.7. The summed E-state index contributed by atoms with van der Waals surface area (Å²) in [5, 5.41) is 6.40. The van der Waals surface area contributed by atoms with Crippen molar-refractivity contribution in [3.05, 3.63) is 35.6 Å². The van der Waals surface area contributed by atoms with Gasteiger partial charge in [-0.25, -0.2) is 4.39 Å². The zero-order chi connectivity index (χ0) is 12.3. The molecule has 1 atom stereocenters. The zero-order valence-electron chi connectivity index (χ0n) is 9.44. The lowest BCUT2D eigenvalue weighted by Gasteiger charge is -2.10. The van der Waals surface area contributed by atoms with E-state index in [9.17, 15) is 9.18 Å². The van der Waals surface area contributed by atoms with E-state index in [0.717, 1.165) is 5.71 Å². The maximum Gasteiger partial charge on any atom is 0.254 e. The number of benzene rings is 1. The second-order valence-corrected chi connectivity index (χ2v) is 3.95. The summed E-state index contributed by atoms with van der Waals surface area (Å²) in [6.07, 6.45) is 0.545. The van der Waals surface area contributed by atoms with Crippen LogP contribution in [0.25, 0.3) is 0 Å². The maximum atomic E-state index is 13.3. The number of carbonyl (C=O) groups excluding carboxylic acids is 1. The number of rotatable bonds is 3. The van der Waals surface area contributed by atoms with E-state index in [4.69, 9.17) is 4.84 Å². The van der Waals surface area contributed by atoms with Gasteiger partial charge in [0.15, 0.2) is 0 Å². The summed E-state index contributed by atoms with van der Waals surface area (Å²) in [7, 11) is 0. The molecule has 2 rings (SSSR count). The van der Waals surface area contributed by atoms with Crippen LogP contribution < -0.4 is 5.32 Å². The second-order valence-electron chi connectivity index (χ2n) is 3.95. The standard InChI is InChI=1S/C12H13FN2O2/c1-8-6-9(17-15-8)7-14-12(16)10-4-2-3-5-11(10)13/h2-5,9H,6-7H2,1H3,(H,14,16)/t9-/m1/s1. The van der Waals surface area contributed by atoms with E-state index in [1.54, 1.807) is 12.1 Å². The topological polar surface area (TPSA) is 50.7 Å². The average molecular weight is 236 g/mol. The van der Waals surface area contributed by atoms with Crippen molar-refractivity contribution in [3.8, 4) is 0 Å². The SMILES string of the molecule is CC1=NO[C@@H](CNC(=O)c2ccccc2F)C1. The minimum absolute atomic E-state index is 0.0446. The molecule has 1 N–H and O–H groups in total. The molecule has 0 saturated carbocycles. The number of nitrogens with zero attached hydrogens (tertiary/aromatic N) is 1. The Morgan fingerprint density at radius 2 is 2.35 bits per heavy atom. The molecule has 0 spiro atoms. The highest BCUT2D eigenvalue weighted by molar-refractivity contribution is 5.94. The summed E-state index contributed by atoms with van der Waals surface area (Å²) in [6, 6.07) is 5.87. The molecule has 1 aromatic carbocycles. The van der Waals surface area contributed by atoms with E-state index >= 15 is 0 Å². The Morgan fingerprint density at radius 3 is 3.00 bits per heavy atom. The molecule has 5 heteroatoms. The predicted octanol–water partition coefficient (Wildman–Crippen LogP) is 1.72. The lowest BCUT2D eigenvalue weighted by atomic mass is 10.1. The first-order valence-corrected chi connectivity index (χ1v) is 5.39. The number of nitrogens with one attached hydrogen (secondary N) is 1. The van der Waals surface area contributed by atoms with Gasteiger partial charge in [0.2, 0.25) is 0 Å². The van der Waals surface area contributed by atoms with E-state index in [-0.39, 0.29) is 11.7 Å². The molecule has 1 aliphatic rings. The number of amides is 1. The van der Waals surface area contributed by atoms with Crippen molar-refractivity contribution in [2.75, 3.05) is 6.54 Å². The maximum absolute atomic E-state index is 13.3. The van der Waals surface area contributed by atoms with Crippen molar-refractivity contribution < 1.29 is 14.0 Å². The normalized spacial score (nSPS) is 18.5. The van der Waals surface area contributed by atoms with E-state index in [2.05, 4.69) is 10.5 Å². The molecule has 1 aliphatic heterocycles. The number of hydrogen-bond acceptors (Lipinski definition) is 3. The van der Waals surface area contributed by atoms with Crippen LogP contribution in [-0.4, -0.2) is 24.3 Å². The fourth-order valence-corrected chi connectivity index (χ4v) is 1.63. The largest absolute Gasteiger partial charge is 0.390 e. The highest BCUT2D eigenvalue weighted by Gasteiger charge is 2.19. The quantitative estimate of drug-likeness (QED) is 0.868. The summed E-state index contributed by atoms with van der Waals surface area (Å²) >= 11 is 0. The van der Waals surface area contributed by atoms with Gasteiger partial charge in [0.25, 0.3) is 5.91 Å². The molecule has 0 radical (unpaired) electrons. The molecular weight excluding hydrogens is 223 g/mol. The van der Waals surface area contributed by atoms with Gasteiger partial charge in [0.05, 0.1) is 17.8 Å². The van der Waals surface area contributed by atoms with Crippen LogP contribution in [-0.2, 0) is 4.84 Å². The van der Waals surface area contributed by atoms with E-state index < -0.39 is 11.7 Å². The molecule has 4 nitrogen and oxygen atoms in total. The van der Waals surface area contributed by atoms with Gasteiger partial charge >= 0.3 is 0 Å². The Morgan fingerprint density at radius 1 is 1.59 bits per heavy atom. The van der Waals surface area contributed by atoms with E-state index in [0.29, 0.717) is 13.0 Å². The van der Waals surface area contributed by atoms with Crippen LogP contribution in [0, 0.1) is 5.82 Å². The first kappa shape index (κ1) is 11.6. The highest BCUT2D eigenvalue weighted by atomic mass is 19.1. The average Bonchev–Trinajstić information content (AvgIpc) is 2.73. The van der Waals surface area contributed by atoms with E-state index in [1.807, 2.05) is 6.92 Å². The van der Waals surface area contributed by atoms with Gasteiger partial charge in [-0.05, 0) is 19.1 Å². The van der Waals surface area contributed by atoms with Gasteiger partial charge in [-0.3, -0.25) is 4.79 Å². The monoisotopic (exact) mass is 236 g/mol. The summed E-state index contributed by atoms with van der Waals surface area (Å²) in [5.41, 5.74) is 0.943. The third-order valence-corrected chi connectivity index (χ3v) is 2.49. The third kappa shape index (κ3) is 2.81. The molecule has 0 saturated heterocycles. The van der Waals surface area contributed by atoms with Gasteiger partial charge in [0, 0.05) is 6.42 Å². The van der Waals surface area contributed by atoms with Gasteiger partial charge in [-0.15, -0.1) is 0 Å². The third-order valence-electron chi connectivity index (χ3n) is 2.49. The first-order chi connectivity index (χ1) is 8.16. The second kappa shape index (κ2) is 4.95. The number of oxime groups is 1. The van der Waals surface area contributed by atoms with Gasteiger partial charge in [-0.2, -0.15) is 0 Å². The Balaban J connectivity index is 1.88. The summed E-state index contributed by atoms with van der Waals surface area (Å²) < 4.78 is 13.3. The molecular formula is C12H13FN2O2. The Bertz CT molecular complexity index is 460. The highest BCUT2D eigenvalue weighted by Crippen LogP contribution is 2.10. The van der Waals surface area contributed by atoms with Crippen molar-refractivity contribution in [1.82, 2.24) is 5.32 Å². The van der Waals surface area contributed by atoms with Crippen LogP contribution in [0.5, 0.6) is 0 Å². The summed E-state index contributed by atoms with van der Waals surface area (Å²) in [5.74, 6) is -0.957. The Labute approximate surface area is 98.5 Å². The first-order valence-electron chi connectivity index (χ1n) is 5.39. The number of hydrogen-bond donors (Lipinski definition) is 1. The lowest BCUT2D eigenvalue weighted by Crippen LogP contribution is -2.32. The van der Waals surface area contributed by atoms with Crippen LogP contribution in [0.15, 0.2) is 29.4 Å². The molecule has 1 heterocycles. The zero-order valence-corrected chi connectivity index (χ0v) is 9.44. The number of halogens is 1. The molecule has 17 heavy (non-hydrogen) atoms. The molecule has 0 fully saturated rings. The minimum Gasteiger partial charge on any atom is -0.390 e. The van der Waals surface area contributed by atoms with Gasteiger partial charge < -0.3 is 10.2 Å². The molecule has 0 aromatic heterocycles. The van der Waals surface area contributed by atoms with Crippen LogP contribution in [0.1, 0.15) is 23.7 Å². The van der Waals surface area contributed by atoms with Crippen molar-refractivity contribution in [2.24, 2.45) is 5.16 Å². The van der Waals surface area contributed by atoms with Crippen molar-refractivity contribution >= 4 is 11.6 Å². The smallest absolute Gasteiger partial charge is 0.254 e. The van der Waals surface area contributed by atoms with Gasteiger partial charge in [0.1, 0.15) is 11.9 Å². The molecule has 90 valence electrons. The molecule has 0 aliphatic carbocycles. The lowest BCUT2D eigenvalue weighted by molar-refractivity contribution is 0.0751. The molecule has 0 bridgehead atoms. The Kier molecular flexibility index (Phi) is 3.37. The van der Waals surface area contributed by atoms with Crippen LogP contribution in [0.2, 0.25) is 0 Å². The molecule has 0 unspecified atom stereocenters. The Hall–Kier alpha value is -1.91. The molecule has 1 aromatic rings. The van der Waals surface area contributed by atoms with Crippen LogP contribution >= 0.6 is 0 Å². The predicted molar refractivity (Wildman–Crippen MR) is 61.3 cm³/mol. The fourth-order valence-electron chi connectivity index (χ4n) is 1.63. The van der Waals surface area contributed by atoms with Crippen molar-refractivity contribution in [3.63, 3.8) is 0 Å². The number of carbonyl (C=O) groups is 1. The fraction of sp³-hybridized carbons (Fsp3) is 0.333. The van der Waals surface area contributed by atoms with Crippen LogP contribution in [0.3, 0.4) is 0 Å². The molecule has 1 amide bonds.